The Balaban J connectivity index is 2.01. The van der Waals surface area contributed by atoms with Crippen molar-refractivity contribution < 1.29 is 9.53 Å². The summed E-state index contributed by atoms with van der Waals surface area (Å²) in [7, 11) is 1.92. The molecule has 0 bridgehead atoms. The number of carbonyl (C=O) groups excluding carboxylic acids is 1. The van der Waals surface area contributed by atoms with Crippen molar-refractivity contribution in [3.63, 3.8) is 0 Å². The third-order valence-electron chi connectivity index (χ3n) is 7.27. The lowest BCUT2D eigenvalue weighted by molar-refractivity contribution is -0.120. The van der Waals surface area contributed by atoms with Crippen LogP contribution in [0.5, 0.6) is 5.06 Å². The number of benzene rings is 2. The number of nitrogens with zero attached hydrogens (tertiary/aromatic N) is 2. The maximum Gasteiger partial charge on any atom is 0.299 e. The highest BCUT2D eigenvalue weighted by Gasteiger charge is 2.42. The van der Waals surface area contributed by atoms with Gasteiger partial charge in [0.15, 0.2) is 5.06 Å². The molecule has 1 aliphatic rings. The quantitative estimate of drug-likeness (QED) is 0.210. The average Bonchev–Trinajstić information content (AvgIpc) is 3.23. The number of rotatable bonds is 10. The van der Waals surface area contributed by atoms with Crippen LogP contribution in [0.2, 0.25) is 6.55 Å². The first-order valence-electron chi connectivity index (χ1n) is 12.1. The van der Waals surface area contributed by atoms with Gasteiger partial charge in [-0.3, -0.25) is 4.79 Å². The van der Waals surface area contributed by atoms with Crippen molar-refractivity contribution in [3.8, 4) is 5.06 Å². The molecule has 2 heterocycles. The number of fused-ring (bicyclic) bond motifs is 2. The normalized spacial score (nSPS) is 17.9. The summed E-state index contributed by atoms with van der Waals surface area (Å²) in [5.74, 6) is 0.0575. The Morgan fingerprint density at radius 3 is 1.92 bits per heavy atom. The fourth-order valence-electron chi connectivity index (χ4n) is 5.24. The van der Waals surface area contributed by atoms with Crippen molar-refractivity contribution in [2.45, 2.75) is 19.4 Å². The molecule has 186 valence electrons. The highest BCUT2D eigenvalue weighted by atomic mass is 32.1. The zero-order valence-electron chi connectivity index (χ0n) is 21.6. The van der Waals surface area contributed by atoms with Gasteiger partial charge in [-0.25, -0.2) is 0 Å². The van der Waals surface area contributed by atoms with Crippen molar-refractivity contribution in [2.24, 2.45) is 0 Å². The Labute approximate surface area is 219 Å². The fourth-order valence-corrected chi connectivity index (χ4v) is 9.65. The van der Waals surface area contributed by atoms with E-state index in [4.69, 9.17) is 4.74 Å². The molecule has 0 saturated heterocycles. The summed E-state index contributed by atoms with van der Waals surface area (Å²) < 4.78 is 5.25. The number of likely N-dealkylation sites (N-methyl/N-ethyl adjacent to an activating group) is 2. The third-order valence-corrected chi connectivity index (χ3v) is 12.4. The van der Waals surface area contributed by atoms with Crippen LogP contribution >= 0.6 is 11.3 Å². The van der Waals surface area contributed by atoms with E-state index >= 15 is 0 Å². The summed E-state index contributed by atoms with van der Waals surface area (Å²) in [6.07, 6.45) is 3.85. The smallest absolute Gasteiger partial charge is 0.299 e. The predicted molar refractivity (Wildman–Crippen MR) is 158 cm³/mol. The first-order chi connectivity index (χ1) is 17.3. The lowest BCUT2D eigenvalue weighted by Crippen LogP contribution is -2.60. The van der Waals surface area contributed by atoms with E-state index in [1.165, 1.54) is 37.8 Å². The highest BCUT2D eigenvalue weighted by Crippen LogP contribution is 2.44. The summed E-state index contributed by atoms with van der Waals surface area (Å²) in [6.45, 7) is 18.7. The molecule has 0 radical (unpaired) electrons. The van der Waals surface area contributed by atoms with Gasteiger partial charge < -0.3 is 14.5 Å². The lowest BCUT2D eigenvalue weighted by atomic mass is 9.87. The van der Waals surface area contributed by atoms with Crippen molar-refractivity contribution in [1.29, 1.82) is 0 Å². The number of aryl methyl sites for hydroxylation is 1. The van der Waals surface area contributed by atoms with Gasteiger partial charge in [0.05, 0.1) is 0 Å². The molecular formula is C30H34N2O2SSi. The molecule has 0 amide bonds. The fraction of sp³-hybridized carbons (Fsp3) is 0.233. The van der Waals surface area contributed by atoms with Crippen molar-refractivity contribution in [3.05, 3.63) is 102 Å². The second kappa shape index (κ2) is 10.3. The van der Waals surface area contributed by atoms with Crippen LogP contribution in [-0.2, 0) is 4.79 Å². The van der Waals surface area contributed by atoms with Gasteiger partial charge >= 0.3 is 0 Å². The van der Waals surface area contributed by atoms with E-state index in [9.17, 15) is 4.79 Å². The van der Waals surface area contributed by atoms with E-state index in [1.54, 1.807) is 11.3 Å². The number of hydrogen-bond donors (Lipinski definition) is 0. The minimum Gasteiger partial charge on any atom is -0.418 e. The second-order valence-electron chi connectivity index (χ2n) is 9.55. The van der Waals surface area contributed by atoms with Crippen molar-refractivity contribution in [1.82, 2.24) is 0 Å². The van der Waals surface area contributed by atoms with Gasteiger partial charge in [0.1, 0.15) is 8.07 Å². The Morgan fingerprint density at radius 1 is 0.944 bits per heavy atom. The molecule has 1 aromatic heterocycles. The molecule has 0 unspecified atom stereocenters. The van der Waals surface area contributed by atoms with Crippen LogP contribution in [-0.4, -0.2) is 41.7 Å². The van der Waals surface area contributed by atoms with E-state index < -0.39 is 8.07 Å². The maximum atomic E-state index is 11.1. The molecule has 2 aromatic carbocycles. The van der Waals surface area contributed by atoms with Gasteiger partial charge in [-0.1, -0.05) is 36.5 Å². The van der Waals surface area contributed by atoms with Crippen LogP contribution in [0.1, 0.15) is 27.5 Å². The van der Waals surface area contributed by atoms with Gasteiger partial charge in [0.2, 0.25) is 0 Å². The molecule has 0 saturated carbocycles. The molecule has 4 rings (SSSR count). The Kier molecular flexibility index (Phi) is 7.38. The molecule has 0 spiro atoms. The number of carbonyl (C=O) groups is 1. The zero-order valence-corrected chi connectivity index (χ0v) is 23.4. The Morgan fingerprint density at radius 2 is 1.47 bits per heavy atom. The highest BCUT2D eigenvalue weighted by molar-refractivity contribution is 7.14. The molecule has 36 heavy (non-hydrogen) atoms. The van der Waals surface area contributed by atoms with Crippen LogP contribution in [0.15, 0.2) is 80.1 Å². The van der Waals surface area contributed by atoms with E-state index in [1.807, 2.05) is 18.2 Å². The first kappa shape index (κ1) is 25.7. The number of thiophene rings is 1. The molecule has 1 aliphatic heterocycles. The Bertz CT molecular complexity index is 1260. The molecule has 0 aliphatic carbocycles. The first-order valence-corrected chi connectivity index (χ1v) is 15.5. The topological polar surface area (TPSA) is 32.8 Å². The lowest BCUT2D eigenvalue weighted by Gasteiger charge is -2.40. The minimum absolute atomic E-state index is 0.0575. The monoisotopic (exact) mass is 514 g/mol. The summed E-state index contributed by atoms with van der Waals surface area (Å²) in [5, 5.41) is 3.37. The molecular weight excluding hydrogens is 480 g/mol. The summed E-state index contributed by atoms with van der Waals surface area (Å²) in [6, 6.07) is 15.6. The standard InChI is InChI=1S/C30H34N2O2SSi/c1-8-15-31(5)22-11-13-24-26(18-22)36(7,10-3)27-19-23(32(6)16-9-2)12-14-25(27)29(24)30-21(4)17-28(35-30)34-20-33/h8-14,17-20,29H,1-3,15-16H2,4-7H3. The van der Waals surface area contributed by atoms with Gasteiger partial charge in [0, 0.05) is 49.4 Å². The molecule has 6 heteroatoms. The van der Waals surface area contributed by atoms with Crippen LogP contribution in [0.4, 0.5) is 11.4 Å². The summed E-state index contributed by atoms with van der Waals surface area (Å²) in [4.78, 5) is 16.7. The van der Waals surface area contributed by atoms with Crippen LogP contribution in [0, 0.1) is 6.92 Å². The molecule has 0 atom stereocenters. The van der Waals surface area contributed by atoms with E-state index in [-0.39, 0.29) is 5.92 Å². The molecule has 0 N–H and O–H groups in total. The summed E-state index contributed by atoms with van der Waals surface area (Å²) >= 11 is 1.55. The average molecular weight is 515 g/mol. The van der Waals surface area contributed by atoms with Gasteiger partial charge in [-0.2, -0.15) is 0 Å². The van der Waals surface area contributed by atoms with E-state index in [2.05, 4.69) is 99.2 Å². The van der Waals surface area contributed by atoms with E-state index in [0.29, 0.717) is 11.5 Å². The van der Waals surface area contributed by atoms with E-state index in [0.717, 1.165) is 18.7 Å². The Hall–Kier alpha value is -3.35. The maximum absolute atomic E-state index is 11.1. The second-order valence-corrected chi connectivity index (χ2v) is 14.5. The van der Waals surface area contributed by atoms with Crippen LogP contribution in [0.3, 0.4) is 0 Å². The third kappa shape index (κ3) is 4.35. The minimum atomic E-state index is -2.28. The van der Waals surface area contributed by atoms with Crippen molar-refractivity contribution in [2.75, 3.05) is 37.0 Å². The SMILES string of the molecule is C=CCN(C)c1ccc2c(c1)[Si](C)(C=C)c1cc(N(C)CC=C)ccc1C2c1sc(OC=O)cc1C. The van der Waals surface area contributed by atoms with Gasteiger partial charge in [-0.15, -0.1) is 31.1 Å². The van der Waals surface area contributed by atoms with Crippen molar-refractivity contribution >= 4 is 47.6 Å². The summed E-state index contributed by atoms with van der Waals surface area (Å²) in [5.41, 5.74) is 8.29. The predicted octanol–water partition coefficient (Wildman–Crippen LogP) is 5.25. The number of ether oxygens (including phenoxy) is 1. The number of hydrogen-bond acceptors (Lipinski definition) is 5. The zero-order chi connectivity index (χ0) is 26.0. The largest absolute Gasteiger partial charge is 0.418 e. The van der Waals surface area contributed by atoms with Crippen LogP contribution in [0.25, 0.3) is 0 Å². The molecule has 0 fully saturated rings. The molecule has 4 nitrogen and oxygen atoms in total. The molecule has 3 aromatic rings. The van der Waals surface area contributed by atoms with Gasteiger partial charge in [-0.05, 0) is 64.3 Å². The number of anilines is 2. The van der Waals surface area contributed by atoms with Crippen LogP contribution < -0.4 is 24.9 Å². The van der Waals surface area contributed by atoms with Gasteiger partial charge in [0.25, 0.3) is 6.47 Å².